The van der Waals surface area contributed by atoms with E-state index < -0.39 is 59.1 Å². The quantitative estimate of drug-likeness (QED) is 0.107. The van der Waals surface area contributed by atoms with Crippen molar-refractivity contribution in [3.05, 3.63) is 70.8 Å². The molecule has 0 bridgehead atoms. The van der Waals surface area contributed by atoms with Crippen LogP contribution >= 0.6 is 0 Å². The topological polar surface area (TPSA) is 157 Å². The molecule has 0 saturated heterocycles. The Bertz CT molecular complexity index is 1480. The van der Waals surface area contributed by atoms with Crippen molar-refractivity contribution in [1.29, 1.82) is 0 Å². The van der Waals surface area contributed by atoms with Crippen LogP contribution in [-0.2, 0) is 35.1 Å². The number of carbonyl (C=O) groups is 5. The molecule has 11 heteroatoms. The molecule has 3 atom stereocenters. The van der Waals surface area contributed by atoms with E-state index in [1.807, 2.05) is 62.4 Å². The number of nitrogens with two attached hydrogens (primary N) is 1. The Morgan fingerprint density at radius 1 is 0.788 bits per heavy atom. The number of hydrogen-bond acceptors (Lipinski definition) is 7. The predicted octanol–water partition coefficient (Wildman–Crippen LogP) is 6.76. The predicted molar refractivity (Wildman–Crippen MR) is 203 cm³/mol. The minimum Gasteiger partial charge on any atom is -0.458 e. The molecule has 0 spiro atoms. The number of hydrogen-bond donors (Lipinski definition) is 3. The third-order valence-electron chi connectivity index (χ3n) is 8.27. The Hall–Kier alpha value is -4.41. The molecule has 11 nitrogen and oxygen atoms in total. The van der Waals surface area contributed by atoms with E-state index in [0.717, 1.165) is 48.8 Å². The molecule has 2 aromatic carbocycles. The van der Waals surface area contributed by atoms with Crippen LogP contribution in [0.3, 0.4) is 0 Å². The van der Waals surface area contributed by atoms with Gasteiger partial charge >= 0.3 is 12.1 Å². The highest BCUT2D eigenvalue weighted by molar-refractivity contribution is 5.94. The number of primary amides is 1. The van der Waals surface area contributed by atoms with E-state index in [4.69, 9.17) is 15.2 Å². The number of alkyl carbamates (subject to hydrolysis) is 1. The minimum atomic E-state index is -1.23. The zero-order valence-electron chi connectivity index (χ0n) is 32.8. The number of ether oxygens (including phenoxy) is 2. The Kier molecular flexibility index (Phi) is 17.3. The van der Waals surface area contributed by atoms with Gasteiger partial charge in [0.15, 0.2) is 0 Å². The molecule has 0 saturated carbocycles. The summed E-state index contributed by atoms with van der Waals surface area (Å²) in [5, 5.41) is 5.60. The van der Waals surface area contributed by atoms with Gasteiger partial charge in [-0.1, -0.05) is 93.1 Å². The van der Waals surface area contributed by atoms with Gasteiger partial charge in [0.1, 0.15) is 29.3 Å². The maximum absolute atomic E-state index is 14.8. The molecule has 2 aromatic rings. The Labute approximate surface area is 310 Å². The minimum absolute atomic E-state index is 0.101. The number of esters is 1. The summed E-state index contributed by atoms with van der Waals surface area (Å²) in [5.41, 5.74) is 6.95. The van der Waals surface area contributed by atoms with Gasteiger partial charge in [-0.15, -0.1) is 0 Å². The molecular weight excluding hydrogens is 660 g/mol. The van der Waals surface area contributed by atoms with Gasteiger partial charge in [-0.25, -0.2) is 9.59 Å². The molecule has 288 valence electrons. The molecule has 52 heavy (non-hydrogen) atoms. The first-order valence-corrected chi connectivity index (χ1v) is 18.5. The molecule has 2 rings (SSSR count). The number of benzene rings is 2. The van der Waals surface area contributed by atoms with Crippen LogP contribution in [-0.4, -0.2) is 64.5 Å². The highest BCUT2D eigenvalue weighted by Gasteiger charge is 2.39. The van der Waals surface area contributed by atoms with E-state index in [-0.39, 0.29) is 25.8 Å². The molecule has 0 radical (unpaired) electrons. The summed E-state index contributed by atoms with van der Waals surface area (Å²) in [6.07, 6.45) is 4.61. The fraction of sp³-hybridized carbons (Fsp3) is 0.585. The van der Waals surface area contributed by atoms with Crippen LogP contribution in [0.15, 0.2) is 48.5 Å². The lowest BCUT2D eigenvalue weighted by Crippen LogP contribution is -2.55. The van der Waals surface area contributed by atoms with Gasteiger partial charge < -0.3 is 30.7 Å². The first kappa shape index (κ1) is 43.8. The molecule has 4 amide bonds. The van der Waals surface area contributed by atoms with Crippen molar-refractivity contribution in [3.63, 3.8) is 0 Å². The van der Waals surface area contributed by atoms with Gasteiger partial charge in [0.25, 0.3) is 0 Å². The zero-order valence-corrected chi connectivity index (χ0v) is 32.8. The summed E-state index contributed by atoms with van der Waals surface area (Å²) in [6.45, 7) is 16.5. The number of carbonyl (C=O) groups excluding carboxylic acids is 5. The molecule has 0 heterocycles. The standard InChI is InChI=1S/C41H62N4O7/c1-10-11-12-13-14-18-25-45(37(48)32(23-24-34(42)46)44-39(50)52-41(7,8)9)35(31-22-21-28(2)26-29(31)3)36(47)43-33(38(49)51-40(4,5)6)27-30-19-16-15-17-20-30/h15-17,19-22,26,32-33,35H,10-14,18,23-25,27H2,1-9H3,(H2,42,46)(H,43,47)(H,44,50). The molecule has 0 aliphatic carbocycles. The monoisotopic (exact) mass is 722 g/mol. The fourth-order valence-corrected chi connectivity index (χ4v) is 5.87. The van der Waals surface area contributed by atoms with E-state index in [2.05, 4.69) is 17.6 Å². The molecule has 4 N–H and O–H groups in total. The van der Waals surface area contributed by atoms with E-state index in [9.17, 15) is 24.0 Å². The second-order valence-corrected chi connectivity index (χ2v) is 15.6. The lowest BCUT2D eigenvalue weighted by molar-refractivity contribution is -0.159. The van der Waals surface area contributed by atoms with Crippen LogP contribution < -0.4 is 16.4 Å². The van der Waals surface area contributed by atoms with Crippen LogP contribution in [0.5, 0.6) is 0 Å². The molecular formula is C41H62N4O7. The fourth-order valence-electron chi connectivity index (χ4n) is 5.87. The summed E-state index contributed by atoms with van der Waals surface area (Å²) in [5.74, 6) is -2.40. The van der Waals surface area contributed by atoms with Crippen molar-refractivity contribution < 1.29 is 33.4 Å². The van der Waals surface area contributed by atoms with E-state index in [1.165, 1.54) is 4.90 Å². The second kappa shape index (κ2) is 20.6. The highest BCUT2D eigenvalue weighted by Crippen LogP contribution is 2.28. The van der Waals surface area contributed by atoms with Crippen LogP contribution in [0.25, 0.3) is 0 Å². The first-order valence-electron chi connectivity index (χ1n) is 18.5. The van der Waals surface area contributed by atoms with Crippen molar-refractivity contribution in [2.75, 3.05) is 6.54 Å². The molecule has 3 unspecified atom stereocenters. The Balaban J connectivity index is 2.69. The number of unbranched alkanes of at least 4 members (excludes halogenated alkanes) is 5. The summed E-state index contributed by atoms with van der Waals surface area (Å²) in [4.78, 5) is 69.6. The SMILES string of the molecule is CCCCCCCCN(C(=O)C(CCC(N)=O)NC(=O)OC(C)(C)C)C(C(=O)NC(Cc1ccccc1)C(=O)OC(C)(C)C)c1ccc(C)cc1C. The normalized spacial score (nSPS) is 13.3. The third-order valence-corrected chi connectivity index (χ3v) is 8.27. The van der Waals surface area contributed by atoms with E-state index >= 15 is 0 Å². The van der Waals surface area contributed by atoms with E-state index in [0.29, 0.717) is 12.0 Å². The number of aryl methyl sites for hydroxylation is 2. The van der Waals surface area contributed by atoms with Gasteiger partial charge in [0, 0.05) is 19.4 Å². The van der Waals surface area contributed by atoms with E-state index in [1.54, 1.807) is 41.5 Å². The van der Waals surface area contributed by atoms with Gasteiger partial charge in [-0.05, 0) is 84.9 Å². The number of nitrogens with zero attached hydrogens (tertiary/aromatic N) is 1. The third kappa shape index (κ3) is 15.9. The molecule has 0 fully saturated rings. The van der Waals surface area contributed by atoms with Gasteiger partial charge in [0.2, 0.25) is 17.7 Å². The van der Waals surface area contributed by atoms with Crippen LogP contribution in [0.2, 0.25) is 0 Å². The Morgan fingerprint density at radius 2 is 1.40 bits per heavy atom. The van der Waals surface area contributed by atoms with Crippen LogP contribution in [0.4, 0.5) is 4.79 Å². The van der Waals surface area contributed by atoms with Crippen LogP contribution in [0.1, 0.15) is 128 Å². The van der Waals surface area contributed by atoms with Gasteiger partial charge in [-0.2, -0.15) is 0 Å². The Morgan fingerprint density at radius 3 is 1.98 bits per heavy atom. The molecule has 0 aromatic heterocycles. The van der Waals surface area contributed by atoms with Crippen LogP contribution in [0, 0.1) is 13.8 Å². The van der Waals surface area contributed by atoms with Crippen molar-refractivity contribution in [1.82, 2.24) is 15.5 Å². The second-order valence-electron chi connectivity index (χ2n) is 15.6. The zero-order chi connectivity index (χ0) is 39.1. The average molecular weight is 723 g/mol. The number of rotatable bonds is 19. The summed E-state index contributed by atoms with van der Waals surface area (Å²) >= 11 is 0. The maximum atomic E-state index is 14.8. The summed E-state index contributed by atoms with van der Waals surface area (Å²) in [7, 11) is 0. The van der Waals surface area contributed by atoms with Gasteiger partial charge in [-0.3, -0.25) is 14.4 Å². The summed E-state index contributed by atoms with van der Waals surface area (Å²) < 4.78 is 11.2. The van der Waals surface area contributed by atoms with Crippen molar-refractivity contribution >= 4 is 29.8 Å². The van der Waals surface area contributed by atoms with Crippen molar-refractivity contribution in [2.45, 2.75) is 149 Å². The smallest absolute Gasteiger partial charge is 0.408 e. The number of amides is 4. The lowest BCUT2D eigenvalue weighted by Gasteiger charge is -2.36. The first-order chi connectivity index (χ1) is 24.3. The highest BCUT2D eigenvalue weighted by atomic mass is 16.6. The largest absolute Gasteiger partial charge is 0.458 e. The molecule has 0 aliphatic heterocycles. The van der Waals surface area contributed by atoms with Crippen molar-refractivity contribution in [3.8, 4) is 0 Å². The maximum Gasteiger partial charge on any atom is 0.408 e. The summed E-state index contributed by atoms with van der Waals surface area (Å²) in [6, 6.07) is 11.4. The lowest BCUT2D eigenvalue weighted by atomic mass is 9.95. The number of nitrogens with one attached hydrogen (secondary N) is 2. The molecule has 0 aliphatic rings. The average Bonchev–Trinajstić information content (AvgIpc) is 3.03. The van der Waals surface area contributed by atoms with Crippen molar-refractivity contribution in [2.24, 2.45) is 5.73 Å². The van der Waals surface area contributed by atoms with Gasteiger partial charge in [0.05, 0.1) is 0 Å².